The van der Waals surface area contributed by atoms with E-state index in [0.717, 1.165) is 78.8 Å². The number of hydrogen-bond donors (Lipinski definition) is 2. The molecular formula is C26H34N2O2. The molecule has 0 bridgehead atoms. The molecule has 0 fully saturated rings. The number of primary amides is 1. The van der Waals surface area contributed by atoms with E-state index in [2.05, 4.69) is 50.0 Å². The number of nitrogens with one attached hydrogen (secondary N) is 1. The molecule has 1 aromatic carbocycles. The monoisotopic (exact) mass is 406 g/mol. The quantitative estimate of drug-likeness (QED) is 0.578. The van der Waals surface area contributed by atoms with Crippen molar-refractivity contribution < 1.29 is 9.53 Å². The number of allylic oxidation sites excluding steroid dienone is 6. The lowest BCUT2D eigenvalue weighted by atomic mass is 9.83. The van der Waals surface area contributed by atoms with E-state index in [0.29, 0.717) is 5.56 Å². The number of carbonyl (C=O) groups excluding carboxylic acids is 1. The Morgan fingerprint density at radius 2 is 2.17 bits per heavy atom. The van der Waals surface area contributed by atoms with Gasteiger partial charge in [-0.2, -0.15) is 0 Å². The Bertz CT molecular complexity index is 921. The summed E-state index contributed by atoms with van der Waals surface area (Å²) in [5.41, 5.74) is 12.7. The van der Waals surface area contributed by atoms with Crippen LogP contribution in [0, 0.1) is 6.92 Å². The first-order chi connectivity index (χ1) is 14.5. The molecule has 1 aliphatic heterocycles. The van der Waals surface area contributed by atoms with Gasteiger partial charge in [0.05, 0.1) is 23.6 Å². The van der Waals surface area contributed by atoms with Gasteiger partial charge in [0.2, 0.25) is 0 Å². The van der Waals surface area contributed by atoms with Crippen LogP contribution in [0.15, 0.2) is 48.4 Å². The predicted molar refractivity (Wildman–Crippen MR) is 125 cm³/mol. The minimum atomic E-state index is -0.419. The van der Waals surface area contributed by atoms with Crippen molar-refractivity contribution in [3.8, 4) is 0 Å². The number of anilines is 1. The van der Waals surface area contributed by atoms with Gasteiger partial charge in [-0.25, -0.2) is 0 Å². The molecule has 160 valence electrons. The average molecular weight is 407 g/mol. The van der Waals surface area contributed by atoms with Crippen LogP contribution >= 0.6 is 0 Å². The lowest BCUT2D eigenvalue weighted by Crippen LogP contribution is -2.18. The number of ether oxygens (including phenoxy) is 1. The van der Waals surface area contributed by atoms with E-state index >= 15 is 0 Å². The Labute approximate surface area is 180 Å². The van der Waals surface area contributed by atoms with Crippen molar-refractivity contribution in [2.75, 3.05) is 11.9 Å². The van der Waals surface area contributed by atoms with Gasteiger partial charge in [0.1, 0.15) is 0 Å². The maximum atomic E-state index is 12.3. The molecule has 30 heavy (non-hydrogen) atoms. The number of nitrogens with two attached hydrogens (primary N) is 1. The van der Waals surface area contributed by atoms with E-state index < -0.39 is 5.91 Å². The summed E-state index contributed by atoms with van der Waals surface area (Å²) in [6.45, 7) is 11.0. The number of benzene rings is 1. The zero-order valence-corrected chi connectivity index (χ0v) is 18.5. The van der Waals surface area contributed by atoms with Crippen LogP contribution in [0.25, 0.3) is 5.57 Å². The maximum absolute atomic E-state index is 12.3. The normalized spacial score (nSPS) is 17.6. The highest BCUT2D eigenvalue weighted by atomic mass is 16.5. The zero-order chi connectivity index (χ0) is 21.7. The summed E-state index contributed by atoms with van der Waals surface area (Å²) in [7, 11) is 0. The Morgan fingerprint density at radius 3 is 2.87 bits per heavy atom. The average Bonchev–Trinajstić information content (AvgIpc) is 2.83. The molecule has 1 aliphatic carbocycles. The predicted octanol–water partition coefficient (Wildman–Crippen LogP) is 6.35. The van der Waals surface area contributed by atoms with Gasteiger partial charge in [0.15, 0.2) is 0 Å². The second-order valence-electron chi connectivity index (χ2n) is 8.22. The summed E-state index contributed by atoms with van der Waals surface area (Å²) in [6.07, 6.45) is 14.5. The second-order valence-corrected chi connectivity index (χ2v) is 8.22. The third kappa shape index (κ3) is 4.53. The minimum absolute atomic E-state index is 0.249. The van der Waals surface area contributed by atoms with Crippen LogP contribution < -0.4 is 11.1 Å². The van der Waals surface area contributed by atoms with Gasteiger partial charge in [-0.3, -0.25) is 4.79 Å². The molecule has 0 radical (unpaired) electrons. The van der Waals surface area contributed by atoms with E-state index in [1.54, 1.807) is 6.20 Å². The molecule has 0 spiro atoms. The third-order valence-corrected chi connectivity index (χ3v) is 6.10. The van der Waals surface area contributed by atoms with E-state index in [1.165, 1.54) is 5.57 Å². The van der Waals surface area contributed by atoms with Crippen molar-refractivity contribution in [1.82, 2.24) is 0 Å². The molecule has 1 amide bonds. The van der Waals surface area contributed by atoms with Crippen molar-refractivity contribution >= 4 is 17.2 Å². The van der Waals surface area contributed by atoms with Crippen LogP contribution in [0.2, 0.25) is 0 Å². The zero-order valence-electron chi connectivity index (χ0n) is 18.5. The molecule has 4 nitrogen and oxygen atoms in total. The highest BCUT2D eigenvalue weighted by molar-refractivity contribution is 6.02. The number of carbonyl (C=O) groups is 1. The molecule has 1 heterocycles. The van der Waals surface area contributed by atoms with E-state index in [-0.39, 0.29) is 5.92 Å². The van der Waals surface area contributed by atoms with Crippen LogP contribution in [0.5, 0.6) is 0 Å². The molecule has 0 aromatic heterocycles. The largest absolute Gasteiger partial charge is 0.498 e. The van der Waals surface area contributed by atoms with Crippen LogP contribution in [0.3, 0.4) is 0 Å². The van der Waals surface area contributed by atoms with E-state index in [1.807, 2.05) is 6.92 Å². The molecule has 2 aliphatic rings. The molecule has 4 heteroatoms. The van der Waals surface area contributed by atoms with E-state index in [9.17, 15) is 4.79 Å². The fraction of sp³-hybridized carbons (Fsp3) is 0.423. The Kier molecular flexibility index (Phi) is 7.20. The summed E-state index contributed by atoms with van der Waals surface area (Å²) in [5, 5.41) is 3.23. The lowest BCUT2D eigenvalue weighted by Gasteiger charge is -2.25. The number of aryl methyl sites for hydroxylation is 1. The summed E-state index contributed by atoms with van der Waals surface area (Å²) in [6, 6.07) is 2.12. The highest BCUT2D eigenvalue weighted by Crippen LogP contribution is 2.40. The highest BCUT2D eigenvalue weighted by Gasteiger charge is 2.24. The van der Waals surface area contributed by atoms with Crippen molar-refractivity contribution in [1.29, 1.82) is 0 Å². The standard InChI is InChI=1S/C26H34N2O2/c1-5-17(3)23-21(15-18(4)24(26(27)29)25(23)28-6-2)19-11-8-7-9-13-22-20(16-19)12-10-14-30-22/h6,8,11,15-17,28H,2,5,7,9-10,12-14H2,1,3-4H3,(H2,27,29). The maximum Gasteiger partial charge on any atom is 0.251 e. The van der Waals surface area contributed by atoms with Crippen LogP contribution in [0.4, 0.5) is 5.69 Å². The number of hydrogen-bond acceptors (Lipinski definition) is 3. The third-order valence-electron chi connectivity index (χ3n) is 6.10. The molecule has 0 saturated heterocycles. The van der Waals surface area contributed by atoms with Crippen molar-refractivity contribution in [3.05, 3.63) is 70.7 Å². The van der Waals surface area contributed by atoms with Crippen molar-refractivity contribution in [3.63, 3.8) is 0 Å². The van der Waals surface area contributed by atoms with Gasteiger partial charge in [-0.1, -0.05) is 38.6 Å². The van der Waals surface area contributed by atoms with Gasteiger partial charge < -0.3 is 15.8 Å². The van der Waals surface area contributed by atoms with Gasteiger partial charge in [-0.15, -0.1) is 0 Å². The molecule has 1 aromatic rings. The first kappa shape index (κ1) is 21.9. The second kappa shape index (κ2) is 9.84. The van der Waals surface area contributed by atoms with Gasteiger partial charge in [0.25, 0.3) is 5.91 Å². The summed E-state index contributed by atoms with van der Waals surface area (Å²) in [4.78, 5) is 12.3. The Morgan fingerprint density at radius 1 is 1.37 bits per heavy atom. The number of amides is 1. The summed E-state index contributed by atoms with van der Waals surface area (Å²) >= 11 is 0. The van der Waals surface area contributed by atoms with Crippen LogP contribution in [-0.2, 0) is 4.74 Å². The molecule has 1 unspecified atom stereocenters. The van der Waals surface area contributed by atoms with Gasteiger partial charge >= 0.3 is 0 Å². The molecular weight excluding hydrogens is 372 g/mol. The fourth-order valence-corrected chi connectivity index (χ4v) is 4.43. The number of rotatable bonds is 6. The van der Waals surface area contributed by atoms with Crippen LogP contribution in [-0.4, -0.2) is 12.5 Å². The first-order valence-electron chi connectivity index (χ1n) is 11.1. The molecule has 0 saturated carbocycles. The van der Waals surface area contributed by atoms with Crippen molar-refractivity contribution in [2.45, 2.75) is 65.2 Å². The summed E-state index contributed by atoms with van der Waals surface area (Å²) in [5.74, 6) is 0.971. The fourth-order valence-electron chi connectivity index (χ4n) is 4.43. The topological polar surface area (TPSA) is 64.3 Å². The van der Waals surface area contributed by atoms with Gasteiger partial charge in [0, 0.05) is 6.42 Å². The molecule has 3 rings (SSSR count). The van der Waals surface area contributed by atoms with Crippen molar-refractivity contribution in [2.24, 2.45) is 5.73 Å². The lowest BCUT2D eigenvalue weighted by molar-refractivity contribution is 0.100. The van der Waals surface area contributed by atoms with Gasteiger partial charge in [-0.05, 0) is 85.1 Å². The van der Waals surface area contributed by atoms with Crippen LogP contribution in [0.1, 0.15) is 85.3 Å². The summed E-state index contributed by atoms with van der Waals surface area (Å²) < 4.78 is 6.01. The minimum Gasteiger partial charge on any atom is -0.498 e. The van der Waals surface area contributed by atoms with E-state index in [4.69, 9.17) is 10.5 Å². The SMILES string of the molecule is C=CNc1c(C(N)=O)c(C)cc(C2=CC3=C(CCCC=C2)OCCC3)c1C(C)CC. The smallest absolute Gasteiger partial charge is 0.251 e. The first-order valence-corrected chi connectivity index (χ1v) is 11.1. The molecule has 1 atom stereocenters. The molecule has 3 N–H and O–H groups in total. The Balaban J connectivity index is 2.30. The Hall–Kier alpha value is -2.75.